The summed E-state index contributed by atoms with van der Waals surface area (Å²) in [5.41, 5.74) is 0.989. The average molecular weight is 320 g/mol. The number of nitrogens with one attached hydrogen (secondary N) is 2. The average Bonchev–Trinajstić information content (AvgIpc) is 2.53. The van der Waals surface area contributed by atoms with Gasteiger partial charge in [-0.05, 0) is 30.9 Å². The zero-order chi connectivity index (χ0) is 17.4. The van der Waals surface area contributed by atoms with Crippen LogP contribution >= 0.6 is 0 Å². The molecule has 1 saturated heterocycles. The second-order valence-electron chi connectivity index (χ2n) is 5.67. The number of piperidine rings is 1. The minimum Gasteiger partial charge on any atom is -0.351 e. The molecule has 3 amide bonds. The molecule has 1 aliphatic rings. The minimum absolute atomic E-state index is 0.299. The smallest absolute Gasteiger partial charge is 0.314 e. The van der Waals surface area contributed by atoms with Crippen LogP contribution < -0.4 is 10.6 Å². The van der Waals surface area contributed by atoms with Crippen LogP contribution in [0.4, 0.5) is 5.82 Å². The van der Waals surface area contributed by atoms with E-state index in [1.54, 1.807) is 18.3 Å². The van der Waals surface area contributed by atoms with E-state index in [0.29, 0.717) is 17.6 Å². The number of nitrogens with zero attached hydrogens (tertiary/aromatic N) is 2. The number of rotatable bonds is 1. The van der Waals surface area contributed by atoms with Crippen molar-refractivity contribution >= 4 is 23.5 Å². The second kappa shape index (κ2) is 8.87. The predicted molar refractivity (Wildman–Crippen MR) is 87.7 cm³/mol. The van der Waals surface area contributed by atoms with E-state index in [1.165, 1.54) is 7.05 Å². The van der Waals surface area contributed by atoms with Crippen LogP contribution in [0.1, 0.15) is 25.3 Å². The van der Waals surface area contributed by atoms with Gasteiger partial charge in [-0.1, -0.05) is 13.0 Å². The lowest BCUT2D eigenvalue weighted by molar-refractivity contribution is -0.135. The van der Waals surface area contributed by atoms with Gasteiger partial charge in [0.2, 0.25) is 5.91 Å². The van der Waals surface area contributed by atoms with Crippen LogP contribution in [0.15, 0.2) is 18.3 Å². The van der Waals surface area contributed by atoms with Crippen LogP contribution in [0.3, 0.4) is 0 Å². The number of anilines is 1. The van der Waals surface area contributed by atoms with Gasteiger partial charge in [-0.15, -0.1) is 0 Å². The molecule has 1 atom stereocenters. The maximum atomic E-state index is 11.1. The topological polar surface area (TPSA) is 91.4 Å². The molecule has 0 spiro atoms. The fourth-order valence-corrected chi connectivity index (χ4v) is 2.05. The molecule has 0 radical (unpaired) electrons. The Hall–Kier alpha value is -2.44. The van der Waals surface area contributed by atoms with Crippen LogP contribution in [0.25, 0.3) is 0 Å². The van der Waals surface area contributed by atoms with Crippen molar-refractivity contribution in [1.82, 2.24) is 15.2 Å². The molecule has 1 aromatic rings. The monoisotopic (exact) mass is 320 g/mol. The van der Waals surface area contributed by atoms with Crippen molar-refractivity contribution in [3.8, 4) is 0 Å². The molecule has 2 heterocycles. The summed E-state index contributed by atoms with van der Waals surface area (Å²) in [6.45, 7) is 5.01. The van der Waals surface area contributed by atoms with Crippen LogP contribution in [-0.4, -0.2) is 48.2 Å². The SMILES string of the molecule is CC1CCC(=O)N(C)C1.CNC(=O)C(=O)Nc1ccc(C)cn1. The molecule has 0 saturated carbocycles. The number of likely N-dealkylation sites (tertiary alicyclic amines) is 1. The van der Waals surface area contributed by atoms with E-state index in [1.807, 2.05) is 18.9 Å². The molecule has 1 aromatic heterocycles. The summed E-state index contributed by atoms with van der Waals surface area (Å²) in [5.74, 6) is -0.0405. The number of amides is 3. The van der Waals surface area contributed by atoms with Crippen molar-refractivity contribution in [2.24, 2.45) is 5.92 Å². The van der Waals surface area contributed by atoms with Gasteiger partial charge in [0.15, 0.2) is 0 Å². The lowest BCUT2D eigenvalue weighted by Gasteiger charge is -2.26. The summed E-state index contributed by atoms with van der Waals surface area (Å²) in [6, 6.07) is 3.43. The largest absolute Gasteiger partial charge is 0.351 e. The number of likely N-dealkylation sites (N-methyl/N-ethyl adjacent to an activating group) is 1. The van der Waals surface area contributed by atoms with Gasteiger partial charge in [0.1, 0.15) is 5.82 Å². The zero-order valence-electron chi connectivity index (χ0n) is 14.0. The first kappa shape index (κ1) is 18.6. The van der Waals surface area contributed by atoms with Crippen molar-refractivity contribution in [1.29, 1.82) is 0 Å². The molecule has 0 aliphatic carbocycles. The van der Waals surface area contributed by atoms with Gasteiger partial charge in [0.25, 0.3) is 0 Å². The molecule has 2 N–H and O–H groups in total. The number of pyridine rings is 1. The zero-order valence-corrected chi connectivity index (χ0v) is 14.0. The fourth-order valence-electron chi connectivity index (χ4n) is 2.05. The van der Waals surface area contributed by atoms with Crippen LogP contribution in [0.5, 0.6) is 0 Å². The summed E-state index contributed by atoms with van der Waals surface area (Å²) in [7, 11) is 3.27. The Morgan fingerprint density at radius 3 is 2.48 bits per heavy atom. The molecule has 1 unspecified atom stereocenters. The first-order valence-electron chi connectivity index (χ1n) is 7.53. The second-order valence-corrected chi connectivity index (χ2v) is 5.67. The van der Waals surface area contributed by atoms with E-state index >= 15 is 0 Å². The van der Waals surface area contributed by atoms with Gasteiger partial charge in [-0.3, -0.25) is 14.4 Å². The molecule has 1 aliphatic heterocycles. The number of aryl methyl sites for hydroxylation is 1. The van der Waals surface area contributed by atoms with Crippen molar-refractivity contribution in [3.63, 3.8) is 0 Å². The van der Waals surface area contributed by atoms with Gasteiger partial charge >= 0.3 is 11.8 Å². The number of aromatic nitrogens is 1. The molecular weight excluding hydrogens is 296 g/mol. The minimum atomic E-state index is -0.719. The maximum absolute atomic E-state index is 11.1. The maximum Gasteiger partial charge on any atom is 0.314 e. The van der Waals surface area contributed by atoms with E-state index in [4.69, 9.17) is 0 Å². The highest BCUT2D eigenvalue weighted by atomic mass is 16.2. The lowest BCUT2D eigenvalue weighted by atomic mass is 10.0. The standard InChI is InChI=1S/C9H11N3O2.C7H13NO/c1-6-3-4-7(11-5-6)12-9(14)8(13)10-2;1-6-3-4-7(9)8(2)5-6/h3-5H,1-2H3,(H,10,13)(H,11,12,14);6H,3-5H2,1-2H3. The number of hydrogen-bond acceptors (Lipinski definition) is 4. The van der Waals surface area contributed by atoms with Crippen molar-refractivity contribution in [2.75, 3.05) is 26.0 Å². The Balaban J connectivity index is 0.000000253. The predicted octanol–water partition coefficient (Wildman–Crippen LogP) is 0.949. The third kappa shape index (κ3) is 6.46. The summed E-state index contributed by atoms with van der Waals surface area (Å²) < 4.78 is 0. The van der Waals surface area contributed by atoms with Gasteiger partial charge < -0.3 is 15.5 Å². The van der Waals surface area contributed by atoms with Gasteiger partial charge in [-0.2, -0.15) is 0 Å². The Morgan fingerprint density at radius 2 is 2.00 bits per heavy atom. The van der Waals surface area contributed by atoms with Crippen molar-refractivity contribution in [3.05, 3.63) is 23.9 Å². The van der Waals surface area contributed by atoms with Gasteiger partial charge in [0, 0.05) is 33.3 Å². The van der Waals surface area contributed by atoms with E-state index < -0.39 is 11.8 Å². The highest BCUT2D eigenvalue weighted by molar-refractivity contribution is 6.39. The van der Waals surface area contributed by atoms with Crippen LogP contribution in [0.2, 0.25) is 0 Å². The van der Waals surface area contributed by atoms with E-state index in [2.05, 4.69) is 22.5 Å². The van der Waals surface area contributed by atoms with Crippen molar-refractivity contribution in [2.45, 2.75) is 26.7 Å². The van der Waals surface area contributed by atoms with Gasteiger partial charge in [0.05, 0.1) is 0 Å². The van der Waals surface area contributed by atoms with E-state index in [0.717, 1.165) is 24.9 Å². The molecule has 1 fully saturated rings. The Labute approximate surface area is 136 Å². The molecule has 7 nitrogen and oxygen atoms in total. The number of hydrogen-bond donors (Lipinski definition) is 2. The Kier molecular flexibility index (Phi) is 7.18. The summed E-state index contributed by atoms with van der Waals surface area (Å²) in [4.78, 5) is 38.5. The summed E-state index contributed by atoms with van der Waals surface area (Å²) in [5, 5.41) is 4.58. The highest BCUT2D eigenvalue weighted by Gasteiger charge is 2.18. The van der Waals surface area contributed by atoms with Crippen molar-refractivity contribution < 1.29 is 14.4 Å². The summed E-state index contributed by atoms with van der Waals surface area (Å²) in [6.07, 6.45) is 3.43. The number of carbonyl (C=O) groups excluding carboxylic acids is 3. The molecule has 2 rings (SSSR count). The first-order valence-corrected chi connectivity index (χ1v) is 7.53. The molecular formula is C16H24N4O3. The fraction of sp³-hybridized carbons (Fsp3) is 0.500. The van der Waals surface area contributed by atoms with Crippen LogP contribution in [-0.2, 0) is 14.4 Å². The van der Waals surface area contributed by atoms with Crippen LogP contribution in [0, 0.1) is 12.8 Å². The molecule has 7 heteroatoms. The van der Waals surface area contributed by atoms with E-state index in [9.17, 15) is 14.4 Å². The molecule has 126 valence electrons. The lowest BCUT2D eigenvalue weighted by Crippen LogP contribution is -2.35. The quantitative estimate of drug-likeness (QED) is 0.754. The highest BCUT2D eigenvalue weighted by Crippen LogP contribution is 2.14. The summed E-state index contributed by atoms with van der Waals surface area (Å²) >= 11 is 0. The molecule has 23 heavy (non-hydrogen) atoms. The third-order valence-corrected chi connectivity index (χ3v) is 3.45. The Bertz CT molecular complexity index is 557. The molecule has 0 bridgehead atoms. The van der Waals surface area contributed by atoms with E-state index in [-0.39, 0.29) is 0 Å². The molecule has 0 aromatic carbocycles. The Morgan fingerprint density at radius 1 is 1.30 bits per heavy atom. The normalized spacial score (nSPS) is 17.0. The third-order valence-electron chi connectivity index (χ3n) is 3.45. The van der Waals surface area contributed by atoms with Gasteiger partial charge in [-0.25, -0.2) is 4.98 Å². The number of carbonyl (C=O) groups is 3. The first-order chi connectivity index (χ1) is 10.8.